The Hall–Kier alpha value is -3.85. The number of aromatic nitrogens is 2. The fourth-order valence-corrected chi connectivity index (χ4v) is 5.11. The van der Waals surface area contributed by atoms with Crippen molar-refractivity contribution in [2.24, 2.45) is 0 Å². The summed E-state index contributed by atoms with van der Waals surface area (Å²) in [6, 6.07) is 19.0. The largest absolute Gasteiger partial charge is 0.497 e. The number of nitrogens with zero attached hydrogens (tertiary/aromatic N) is 2. The molecule has 0 radical (unpaired) electrons. The van der Waals surface area contributed by atoms with Crippen molar-refractivity contribution in [2.75, 3.05) is 11.8 Å². The number of hydrogen-bond donors (Lipinski definition) is 2. The van der Waals surface area contributed by atoms with Gasteiger partial charge in [0.2, 0.25) is 0 Å². The minimum Gasteiger partial charge on any atom is -0.497 e. The lowest BCUT2D eigenvalue weighted by Crippen LogP contribution is -2.25. The fourth-order valence-electron chi connectivity index (χ4n) is 3.77. The molecule has 0 bridgehead atoms. The topological polar surface area (TPSA) is 102 Å². The van der Waals surface area contributed by atoms with Crippen LogP contribution in [-0.4, -0.2) is 31.0 Å². The number of methoxy groups -OCH3 is 1. The summed E-state index contributed by atoms with van der Waals surface area (Å²) >= 11 is 0. The minimum atomic E-state index is -3.90. The van der Waals surface area contributed by atoms with E-state index < -0.39 is 10.0 Å². The zero-order valence-corrected chi connectivity index (χ0v) is 20.0. The molecular weight excluding hydrogens is 452 g/mol. The summed E-state index contributed by atoms with van der Waals surface area (Å²) in [5.74, 6) is 0.975. The number of anilines is 1. The van der Waals surface area contributed by atoms with Crippen LogP contribution in [0.25, 0.3) is 11.0 Å². The zero-order valence-electron chi connectivity index (χ0n) is 19.2. The monoisotopic (exact) mass is 478 g/mol. The highest BCUT2D eigenvalue weighted by atomic mass is 32.2. The second kappa shape index (κ2) is 9.56. The normalized spacial score (nSPS) is 11.4. The van der Waals surface area contributed by atoms with Gasteiger partial charge in [-0.25, -0.2) is 13.4 Å². The Morgan fingerprint density at radius 1 is 1.06 bits per heavy atom. The van der Waals surface area contributed by atoms with Crippen LogP contribution in [-0.2, 0) is 23.1 Å². The van der Waals surface area contributed by atoms with E-state index in [0.29, 0.717) is 17.0 Å². The summed E-state index contributed by atoms with van der Waals surface area (Å²) < 4.78 is 35.8. The molecule has 4 rings (SSSR count). The smallest absolute Gasteiger partial charge is 0.262 e. The maximum absolute atomic E-state index is 13.0. The summed E-state index contributed by atoms with van der Waals surface area (Å²) in [5.41, 5.74) is 3.04. The average Bonchev–Trinajstić information content (AvgIpc) is 3.20. The lowest BCUT2D eigenvalue weighted by atomic mass is 10.1. The van der Waals surface area contributed by atoms with Crippen LogP contribution in [0.15, 0.2) is 71.6 Å². The highest BCUT2D eigenvalue weighted by Crippen LogP contribution is 2.23. The van der Waals surface area contributed by atoms with Crippen molar-refractivity contribution in [2.45, 2.75) is 31.8 Å². The molecule has 0 fully saturated rings. The number of fused-ring (bicyclic) bond motifs is 1. The summed E-state index contributed by atoms with van der Waals surface area (Å²) in [7, 11) is -2.36. The van der Waals surface area contributed by atoms with Crippen LogP contribution in [0, 0.1) is 6.92 Å². The lowest BCUT2D eigenvalue weighted by molar-refractivity contribution is 0.0949. The number of para-hydroxylation sites is 2. The Kier molecular flexibility index (Phi) is 6.56. The molecule has 34 heavy (non-hydrogen) atoms. The lowest BCUT2D eigenvalue weighted by Gasteiger charge is -2.13. The first-order valence-electron chi connectivity index (χ1n) is 10.8. The second-order valence-corrected chi connectivity index (χ2v) is 9.41. The number of imidazole rings is 1. The number of benzene rings is 3. The van der Waals surface area contributed by atoms with Gasteiger partial charge in [0.25, 0.3) is 15.9 Å². The van der Waals surface area contributed by atoms with Crippen molar-refractivity contribution in [3.05, 3.63) is 83.7 Å². The van der Waals surface area contributed by atoms with Gasteiger partial charge in [-0.2, -0.15) is 0 Å². The van der Waals surface area contributed by atoms with E-state index in [2.05, 4.69) is 15.0 Å². The number of amides is 1. The van der Waals surface area contributed by atoms with Gasteiger partial charge < -0.3 is 14.6 Å². The van der Waals surface area contributed by atoms with E-state index in [4.69, 9.17) is 4.74 Å². The number of ether oxygens (including phenoxy) is 1. The number of hydrogen-bond acceptors (Lipinski definition) is 5. The van der Waals surface area contributed by atoms with Gasteiger partial charge in [-0.3, -0.25) is 9.52 Å². The summed E-state index contributed by atoms with van der Waals surface area (Å²) in [4.78, 5) is 17.5. The third kappa shape index (κ3) is 4.74. The van der Waals surface area contributed by atoms with Crippen LogP contribution in [0.1, 0.15) is 28.7 Å². The van der Waals surface area contributed by atoms with Gasteiger partial charge in [-0.15, -0.1) is 0 Å². The van der Waals surface area contributed by atoms with Crippen molar-refractivity contribution in [3.8, 4) is 5.75 Å². The molecule has 0 saturated carbocycles. The van der Waals surface area contributed by atoms with Crippen molar-refractivity contribution in [1.82, 2.24) is 14.9 Å². The summed E-state index contributed by atoms with van der Waals surface area (Å²) in [6.07, 6.45) is 0. The SMILES string of the molecule is CCn1c(CNC(=O)c2ccc(C)c(S(=O)(=O)Nc3ccc(OC)cc3)c2)nc2ccccc21. The highest BCUT2D eigenvalue weighted by molar-refractivity contribution is 7.92. The van der Waals surface area contributed by atoms with Gasteiger partial charge >= 0.3 is 0 Å². The average molecular weight is 479 g/mol. The third-order valence-corrected chi connectivity index (χ3v) is 7.06. The number of carbonyl (C=O) groups excluding carboxylic acids is 1. The number of rotatable bonds is 8. The molecule has 0 aliphatic carbocycles. The molecule has 4 aromatic rings. The molecule has 0 aliphatic heterocycles. The first-order valence-corrected chi connectivity index (χ1v) is 12.3. The van der Waals surface area contributed by atoms with Crippen molar-refractivity contribution < 1.29 is 17.9 Å². The molecule has 0 spiro atoms. The molecule has 9 heteroatoms. The minimum absolute atomic E-state index is 0.0387. The van der Waals surface area contributed by atoms with Crippen LogP contribution < -0.4 is 14.8 Å². The Morgan fingerprint density at radius 2 is 1.79 bits per heavy atom. The van der Waals surface area contributed by atoms with E-state index >= 15 is 0 Å². The van der Waals surface area contributed by atoms with Crippen LogP contribution in [0.5, 0.6) is 5.75 Å². The number of aryl methyl sites for hydroxylation is 2. The van der Waals surface area contributed by atoms with Gasteiger partial charge in [0, 0.05) is 17.8 Å². The molecule has 176 valence electrons. The molecule has 1 heterocycles. The van der Waals surface area contributed by atoms with Crippen molar-refractivity contribution in [1.29, 1.82) is 0 Å². The number of nitrogens with one attached hydrogen (secondary N) is 2. The second-order valence-electron chi connectivity index (χ2n) is 7.76. The van der Waals surface area contributed by atoms with Crippen LogP contribution in [0.3, 0.4) is 0 Å². The maximum Gasteiger partial charge on any atom is 0.262 e. The molecule has 2 N–H and O–H groups in total. The Balaban J connectivity index is 1.53. The van der Waals surface area contributed by atoms with Crippen LogP contribution >= 0.6 is 0 Å². The maximum atomic E-state index is 13.0. The first-order chi connectivity index (χ1) is 16.3. The fraction of sp³-hybridized carbons (Fsp3) is 0.200. The molecule has 0 atom stereocenters. The molecule has 3 aromatic carbocycles. The first kappa shape index (κ1) is 23.3. The van der Waals surface area contributed by atoms with E-state index in [9.17, 15) is 13.2 Å². The molecule has 0 aliphatic rings. The molecule has 8 nitrogen and oxygen atoms in total. The Morgan fingerprint density at radius 3 is 2.50 bits per heavy atom. The van der Waals surface area contributed by atoms with E-state index in [1.54, 1.807) is 43.3 Å². The predicted octanol–water partition coefficient (Wildman–Crippen LogP) is 4.10. The van der Waals surface area contributed by atoms with Gasteiger partial charge in [0.05, 0.1) is 29.6 Å². The van der Waals surface area contributed by atoms with E-state index in [1.807, 2.05) is 35.8 Å². The van der Waals surface area contributed by atoms with Crippen molar-refractivity contribution >= 4 is 32.7 Å². The molecule has 0 unspecified atom stereocenters. The van der Waals surface area contributed by atoms with Gasteiger partial charge in [0.1, 0.15) is 11.6 Å². The Bertz CT molecular complexity index is 1440. The predicted molar refractivity (Wildman–Crippen MR) is 132 cm³/mol. The van der Waals surface area contributed by atoms with E-state index in [0.717, 1.165) is 23.4 Å². The van der Waals surface area contributed by atoms with Crippen molar-refractivity contribution in [3.63, 3.8) is 0 Å². The van der Waals surface area contributed by atoms with Gasteiger partial charge in [-0.05, 0) is 67.9 Å². The van der Waals surface area contributed by atoms with Crippen LogP contribution in [0.2, 0.25) is 0 Å². The molecule has 0 saturated heterocycles. The number of carbonyl (C=O) groups is 1. The van der Waals surface area contributed by atoms with E-state index in [1.165, 1.54) is 13.2 Å². The van der Waals surface area contributed by atoms with E-state index in [-0.39, 0.29) is 22.9 Å². The number of sulfonamides is 1. The van der Waals surface area contributed by atoms with Gasteiger partial charge in [0.15, 0.2) is 0 Å². The third-order valence-electron chi connectivity index (χ3n) is 5.54. The summed E-state index contributed by atoms with van der Waals surface area (Å²) in [5, 5.41) is 2.86. The zero-order chi connectivity index (χ0) is 24.3. The molecular formula is C25H26N4O4S. The Labute approximate surface area is 198 Å². The summed E-state index contributed by atoms with van der Waals surface area (Å²) in [6.45, 7) is 4.65. The van der Waals surface area contributed by atoms with Crippen LogP contribution in [0.4, 0.5) is 5.69 Å². The molecule has 1 aromatic heterocycles. The quantitative estimate of drug-likeness (QED) is 0.397. The van der Waals surface area contributed by atoms with Gasteiger partial charge in [-0.1, -0.05) is 18.2 Å². The highest BCUT2D eigenvalue weighted by Gasteiger charge is 2.20. The molecule has 1 amide bonds. The standard InChI is InChI=1S/C25H26N4O4S/c1-4-29-22-8-6-5-7-21(22)27-24(29)16-26-25(30)18-10-9-17(2)23(15-18)34(31,32)28-19-11-13-20(33-3)14-12-19/h5-15,28H,4,16H2,1-3H3,(H,26,30).